The predicted molar refractivity (Wildman–Crippen MR) is 87.1 cm³/mol. The van der Waals surface area contributed by atoms with Crippen LogP contribution in [0, 0.1) is 4.91 Å². The molecule has 0 saturated carbocycles. The average Bonchev–Trinajstić information content (AvgIpc) is 2.82. The van der Waals surface area contributed by atoms with Crippen LogP contribution in [-0.2, 0) is 22.2 Å². The Morgan fingerprint density at radius 2 is 2.05 bits per heavy atom. The summed E-state index contributed by atoms with van der Waals surface area (Å²) in [6.45, 7) is 0.830. The third-order valence-corrected chi connectivity index (χ3v) is 4.85. The van der Waals surface area contributed by atoms with Gasteiger partial charge in [0.1, 0.15) is 0 Å². The van der Waals surface area contributed by atoms with E-state index in [1.807, 2.05) is 25.1 Å². The summed E-state index contributed by atoms with van der Waals surface area (Å²) >= 11 is 0. The van der Waals surface area contributed by atoms with Crippen molar-refractivity contribution in [2.75, 3.05) is 27.7 Å². The second-order valence-electron chi connectivity index (χ2n) is 5.45. The van der Waals surface area contributed by atoms with Crippen molar-refractivity contribution in [1.29, 1.82) is 0 Å². The van der Waals surface area contributed by atoms with Crippen LogP contribution in [0.3, 0.4) is 0 Å². The number of hydrogen-bond acceptors (Lipinski definition) is 5. The molecule has 0 aliphatic heterocycles. The van der Waals surface area contributed by atoms with Crippen LogP contribution in [0.1, 0.15) is 11.1 Å². The Bertz CT molecular complexity index is 781. The molecule has 120 valence electrons. The SMILES string of the molecule is CNS(=O)(=O)Cc1ccc2c(c1)c(CCN(C)C)cn2N=O. The third kappa shape index (κ3) is 3.70. The van der Waals surface area contributed by atoms with E-state index in [4.69, 9.17) is 0 Å². The lowest BCUT2D eigenvalue weighted by Crippen LogP contribution is -2.20. The fourth-order valence-electron chi connectivity index (χ4n) is 2.32. The number of nitroso groups, excluding NO2 is 1. The maximum atomic E-state index is 11.7. The largest absolute Gasteiger partial charge is 0.309 e. The highest BCUT2D eigenvalue weighted by molar-refractivity contribution is 7.88. The number of nitrogens with zero attached hydrogens (tertiary/aromatic N) is 3. The van der Waals surface area contributed by atoms with E-state index in [0.717, 1.165) is 23.9 Å². The monoisotopic (exact) mass is 324 g/mol. The maximum absolute atomic E-state index is 11.7. The lowest BCUT2D eigenvalue weighted by atomic mass is 10.1. The zero-order chi connectivity index (χ0) is 16.3. The van der Waals surface area contributed by atoms with Gasteiger partial charge in [-0.1, -0.05) is 6.07 Å². The molecule has 1 heterocycles. The van der Waals surface area contributed by atoms with E-state index in [0.29, 0.717) is 11.1 Å². The molecular formula is C14H20N4O3S. The van der Waals surface area contributed by atoms with Gasteiger partial charge >= 0.3 is 0 Å². The highest BCUT2D eigenvalue weighted by Crippen LogP contribution is 2.24. The van der Waals surface area contributed by atoms with Crippen LogP contribution in [0.25, 0.3) is 10.9 Å². The van der Waals surface area contributed by atoms with Crippen molar-refractivity contribution < 1.29 is 8.42 Å². The zero-order valence-electron chi connectivity index (χ0n) is 12.9. The summed E-state index contributed by atoms with van der Waals surface area (Å²) in [7, 11) is 2.01. The molecule has 0 saturated heterocycles. The van der Waals surface area contributed by atoms with Crippen molar-refractivity contribution in [2.45, 2.75) is 12.2 Å². The molecule has 0 amide bonds. The Morgan fingerprint density at radius 1 is 1.32 bits per heavy atom. The van der Waals surface area contributed by atoms with Crippen molar-refractivity contribution in [3.63, 3.8) is 0 Å². The lowest BCUT2D eigenvalue weighted by molar-refractivity contribution is 0.414. The van der Waals surface area contributed by atoms with Crippen molar-refractivity contribution in [2.24, 2.45) is 5.29 Å². The summed E-state index contributed by atoms with van der Waals surface area (Å²) in [5.41, 5.74) is 2.35. The van der Waals surface area contributed by atoms with Gasteiger partial charge in [-0.05, 0) is 50.8 Å². The van der Waals surface area contributed by atoms with Crippen LogP contribution in [0.2, 0.25) is 0 Å². The first-order valence-corrected chi connectivity index (χ1v) is 8.54. The van der Waals surface area contributed by atoms with Gasteiger partial charge in [0.25, 0.3) is 0 Å². The lowest BCUT2D eigenvalue weighted by Gasteiger charge is -2.08. The van der Waals surface area contributed by atoms with Crippen LogP contribution >= 0.6 is 0 Å². The summed E-state index contributed by atoms with van der Waals surface area (Å²) in [6, 6.07) is 5.25. The van der Waals surface area contributed by atoms with Gasteiger partial charge in [-0.15, -0.1) is 4.91 Å². The molecule has 0 radical (unpaired) electrons. The molecule has 0 fully saturated rings. The molecule has 1 N–H and O–H groups in total. The number of benzene rings is 1. The number of likely N-dealkylation sites (N-methyl/N-ethyl adjacent to an activating group) is 1. The number of sulfonamides is 1. The summed E-state index contributed by atoms with van der Waals surface area (Å²) in [4.78, 5) is 13.0. The summed E-state index contributed by atoms with van der Waals surface area (Å²) in [6.07, 6.45) is 2.46. The fraction of sp³-hybridized carbons (Fsp3) is 0.429. The van der Waals surface area contributed by atoms with E-state index in [9.17, 15) is 13.3 Å². The summed E-state index contributed by atoms with van der Waals surface area (Å²) in [5.74, 6) is -0.0910. The number of nitrogens with one attached hydrogen (secondary N) is 1. The van der Waals surface area contributed by atoms with Gasteiger partial charge in [-0.2, -0.15) is 0 Å². The molecule has 0 aliphatic rings. The van der Waals surface area contributed by atoms with Gasteiger partial charge in [0.2, 0.25) is 10.0 Å². The van der Waals surface area contributed by atoms with Crippen molar-refractivity contribution in [1.82, 2.24) is 14.3 Å². The molecule has 0 aliphatic carbocycles. The minimum absolute atomic E-state index is 0.0910. The minimum atomic E-state index is -3.33. The topological polar surface area (TPSA) is 83.8 Å². The van der Waals surface area contributed by atoms with Crippen LogP contribution in [0.4, 0.5) is 0 Å². The molecule has 0 unspecified atom stereocenters. The van der Waals surface area contributed by atoms with E-state index < -0.39 is 10.0 Å². The van der Waals surface area contributed by atoms with E-state index in [2.05, 4.69) is 10.0 Å². The molecule has 8 heteroatoms. The minimum Gasteiger partial charge on any atom is -0.309 e. The zero-order valence-corrected chi connectivity index (χ0v) is 13.7. The van der Waals surface area contributed by atoms with Gasteiger partial charge in [-0.3, -0.25) is 0 Å². The first-order valence-electron chi connectivity index (χ1n) is 6.88. The Kier molecular flexibility index (Phi) is 4.94. The fourth-order valence-corrected chi connectivity index (χ4v) is 3.08. The Balaban J connectivity index is 2.44. The number of aromatic nitrogens is 1. The van der Waals surface area contributed by atoms with Crippen LogP contribution in [-0.4, -0.2) is 45.7 Å². The number of rotatable bonds is 7. The Morgan fingerprint density at radius 3 is 2.64 bits per heavy atom. The van der Waals surface area contributed by atoms with Crippen molar-refractivity contribution >= 4 is 20.9 Å². The molecule has 1 aromatic carbocycles. The molecule has 7 nitrogen and oxygen atoms in total. The van der Waals surface area contributed by atoms with E-state index in [1.54, 1.807) is 18.3 Å². The highest BCUT2D eigenvalue weighted by Gasteiger charge is 2.13. The normalized spacial score (nSPS) is 12.2. The third-order valence-electron chi connectivity index (χ3n) is 3.52. The molecule has 22 heavy (non-hydrogen) atoms. The van der Waals surface area contributed by atoms with E-state index in [-0.39, 0.29) is 5.75 Å². The standard InChI is InChI=1S/C14H20N4O3S/c1-15-22(20,21)10-11-4-5-14-13(8-11)12(6-7-17(2)3)9-18(14)16-19/h4-5,8-9,15H,6-7,10H2,1-3H3. The second kappa shape index (κ2) is 6.55. The summed E-state index contributed by atoms with van der Waals surface area (Å²) in [5, 5.41) is 3.86. The van der Waals surface area contributed by atoms with Crippen molar-refractivity contribution in [3.8, 4) is 0 Å². The Hall–Kier alpha value is -1.77. The highest BCUT2D eigenvalue weighted by atomic mass is 32.2. The molecular weight excluding hydrogens is 304 g/mol. The molecule has 2 aromatic rings. The molecule has 2 rings (SSSR count). The van der Waals surface area contributed by atoms with Gasteiger partial charge in [-0.25, -0.2) is 17.8 Å². The summed E-state index contributed by atoms with van der Waals surface area (Å²) < 4.78 is 26.9. The number of hydrogen-bond donors (Lipinski definition) is 1. The van der Waals surface area contributed by atoms with Crippen LogP contribution in [0.5, 0.6) is 0 Å². The molecule has 1 aromatic heterocycles. The van der Waals surface area contributed by atoms with E-state index >= 15 is 0 Å². The van der Waals surface area contributed by atoms with Crippen molar-refractivity contribution in [3.05, 3.63) is 40.4 Å². The van der Waals surface area contributed by atoms with Gasteiger partial charge in [0, 0.05) is 18.1 Å². The average molecular weight is 324 g/mol. The quantitative estimate of drug-likeness (QED) is 0.779. The van der Waals surface area contributed by atoms with Gasteiger partial charge in [0.15, 0.2) is 0 Å². The first kappa shape index (κ1) is 16.6. The predicted octanol–water partition coefficient (Wildman–Crippen LogP) is 1.32. The first-order chi connectivity index (χ1) is 10.4. The molecule has 0 spiro atoms. The van der Waals surface area contributed by atoms with Crippen LogP contribution < -0.4 is 4.72 Å². The number of fused-ring (bicyclic) bond motifs is 1. The van der Waals surface area contributed by atoms with Gasteiger partial charge in [0.05, 0.1) is 16.6 Å². The maximum Gasteiger partial charge on any atom is 0.215 e. The van der Waals surface area contributed by atoms with Gasteiger partial charge < -0.3 is 4.90 Å². The van der Waals surface area contributed by atoms with Crippen LogP contribution in [0.15, 0.2) is 29.7 Å². The van der Waals surface area contributed by atoms with E-state index in [1.165, 1.54) is 11.7 Å². The second-order valence-corrected chi connectivity index (χ2v) is 7.37. The molecule has 0 atom stereocenters. The Labute approximate surface area is 129 Å². The smallest absolute Gasteiger partial charge is 0.215 e. The molecule has 0 bridgehead atoms.